The van der Waals surface area contributed by atoms with Gasteiger partial charge in [-0.05, 0) is 13.3 Å². The minimum absolute atomic E-state index is 0.0298. The van der Waals surface area contributed by atoms with Crippen molar-refractivity contribution in [3.8, 4) is 0 Å². The molecule has 0 heterocycles. The molecule has 0 aromatic heterocycles. The van der Waals surface area contributed by atoms with Crippen molar-refractivity contribution in [1.82, 2.24) is 4.90 Å². The second-order valence-electron chi connectivity index (χ2n) is 6.14. The number of unbranched alkanes of at least 4 members (excludes halogenated alkanes) is 9. The summed E-state index contributed by atoms with van der Waals surface area (Å²) in [7, 11) is 0. The summed E-state index contributed by atoms with van der Waals surface area (Å²) in [6.07, 6.45) is 13.3. The molecule has 22 heavy (non-hydrogen) atoms. The van der Waals surface area contributed by atoms with Gasteiger partial charge in [-0.3, -0.25) is 4.90 Å². The van der Waals surface area contributed by atoms with E-state index in [4.69, 9.17) is 14.9 Å². The first-order valence-electron chi connectivity index (χ1n) is 9.33. The first kappa shape index (κ1) is 21.8. The summed E-state index contributed by atoms with van der Waals surface area (Å²) in [4.78, 5) is 1.97. The summed E-state index contributed by atoms with van der Waals surface area (Å²) >= 11 is 0. The molecule has 0 saturated carbocycles. The predicted octanol–water partition coefficient (Wildman–Crippen LogP) is 3.56. The van der Waals surface area contributed by atoms with Crippen LogP contribution >= 0.6 is 0 Å². The Bertz CT molecular complexity index is 209. The molecule has 4 heteroatoms. The highest BCUT2D eigenvalue weighted by molar-refractivity contribution is 4.58. The number of aliphatic hydroxyl groups is 2. The normalized spacial score (nSPS) is 13.0. The topological polar surface area (TPSA) is 52.9 Å². The van der Waals surface area contributed by atoms with E-state index in [-0.39, 0.29) is 19.4 Å². The number of ether oxygens (including phenoxy) is 1. The van der Waals surface area contributed by atoms with E-state index in [0.717, 1.165) is 13.0 Å². The highest BCUT2D eigenvalue weighted by atomic mass is 16.5. The second-order valence-corrected chi connectivity index (χ2v) is 6.14. The summed E-state index contributed by atoms with van der Waals surface area (Å²) in [5.74, 6) is 0. The fraction of sp³-hybridized carbons (Fsp3) is 1.00. The summed E-state index contributed by atoms with van der Waals surface area (Å²) < 4.78 is 5.78. The third-order valence-corrected chi connectivity index (χ3v) is 4.15. The number of rotatable bonds is 17. The van der Waals surface area contributed by atoms with Gasteiger partial charge in [-0.1, -0.05) is 64.7 Å². The summed E-state index contributed by atoms with van der Waals surface area (Å²) in [6, 6.07) is 0. The van der Waals surface area contributed by atoms with Gasteiger partial charge in [0.05, 0.1) is 13.2 Å². The van der Waals surface area contributed by atoms with Gasteiger partial charge in [0.1, 0.15) is 6.23 Å². The summed E-state index contributed by atoms with van der Waals surface area (Å²) in [6.45, 7) is 6.33. The van der Waals surface area contributed by atoms with Gasteiger partial charge < -0.3 is 14.9 Å². The van der Waals surface area contributed by atoms with E-state index in [1.807, 2.05) is 11.8 Å². The molecule has 0 aliphatic heterocycles. The van der Waals surface area contributed by atoms with Crippen molar-refractivity contribution in [2.45, 2.75) is 84.3 Å². The van der Waals surface area contributed by atoms with Gasteiger partial charge in [0.25, 0.3) is 0 Å². The number of hydrogen-bond acceptors (Lipinski definition) is 4. The summed E-state index contributed by atoms with van der Waals surface area (Å²) in [5, 5.41) is 18.0. The fourth-order valence-electron chi connectivity index (χ4n) is 2.68. The molecule has 0 bridgehead atoms. The third-order valence-electron chi connectivity index (χ3n) is 4.15. The van der Waals surface area contributed by atoms with Crippen LogP contribution in [0, 0.1) is 0 Å². The Morgan fingerprint density at radius 3 is 1.68 bits per heavy atom. The van der Waals surface area contributed by atoms with E-state index in [9.17, 15) is 0 Å². The highest BCUT2D eigenvalue weighted by Crippen LogP contribution is 2.11. The van der Waals surface area contributed by atoms with E-state index in [0.29, 0.717) is 13.1 Å². The standard InChI is InChI=1S/C18H39NO3/c1-3-4-5-6-7-8-9-10-11-12-17-22-18(2)19(13-15-20)14-16-21/h18,20-21H,3-17H2,1-2H3. The lowest BCUT2D eigenvalue weighted by Gasteiger charge is -2.27. The summed E-state index contributed by atoms with van der Waals surface area (Å²) in [5.41, 5.74) is 0. The zero-order chi connectivity index (χ0) is 16.5. The van der Waals surface area contributed by atoms with E-state index in [2.05, 4.69) is 6.92 Å². The van der Waals surface area contributed by atoms with E-state index in [1.54, 1.807) is 0 Å². The van der Waals surface area contributed by atoms with Crippen LogP contribution in [-0.4, -0.2) is 54.3 Å². The molecule has 2 N–H and O–H groups in total. The first-order chi connectivity index (χ1) is 10.8. The molecule has 134 valence electrons. The Morgan fingerprint density at radius 2 is 1.23 bits per heavy atom. The van der Waals surface area contributed by atoms with E-state index < -0.39 is 0 Å². The Kier molecular flexibility index (Phi) is 17.1. The molecule has 0 radical (unpaired) electrons. The van der Waals surface area contributed by atoms with Crippen LogP contribution in [0.4, 0.5) is 0 Å². The molecule has 0 spiro atoms. The molecule has 0 rings (SSSR count). The highest BCUT2D eigenvalue weighted by Gasteiger charge is 2.12. The number of nitrogens with zero attached hydrogens (tertiary/aromatic N) is 1. The monoisotopic (exact) mass is 317 g/mol. The van der Waals surface area contributed by atoms with Crippen molar-refractivity contribution in [3.63, 3.8) is 0 Å². The van der Waals surface area contributed by atoms with Gasteiger partial charge in [0.15, 0.2) is 0 Å². The first-order valence-corrected chi connectivity index (χ1v) is 9.33. The average molecular weight is 318 g/mol. The quantitative estimate of drug-likeness (QED) is 0.318. The molecule has 0 amide bonds. The van der Waals surface area contributed by atoms with Crippen molar-refractivity contribution in [2.75, 3.05) is 32.9 Å². The van der Waals surface area contributed by atoms with Crippen molar-refractivity contribution in [2.24, 2.45) is 0 Å². The van der Waals surface area contributed by atoms with Crippen LogP contribution in [0.1, 0.15) is 78.1 Å². The van der Waals surface area contributed by atoms with Gasteiger partial charge in [-0.15, -0.1) is 0 Å². The van der Waals surface area contributed by atoms with Crippen LogP contribution in [-0.2, 0) is 4.74 Å². The molecule has 1 unspecified atom stereocenters. The minimum Gasteiger partial charge on any atom is -0.395 e. The smallest absolute Gasteiger partial charge is 0.107 e. The van der Waals surface area contributed by atoms with Gasteiger partial charge >= 0.3 is 0 Å². The van der Waals surface area contributed by atoms with E-state index in [1.165, 1.54) is 57.8 Å². The third kappa shape index (κ3) is 13.5. The molecule has 0 fully saturated rings. The molecule has 0 aromatic carbocycles. The van der Waals surface area contributed by atoms with Crippen LogP contribution in [0.15, 0.2) is 0 Å². The molecule has 0 saturated heterocycles. The van der Waals surface area contributed by atoms with Gasteiger partial charge in [-0.25, -0.2) is 0 Å². The Hall–Kier alpha value is -0.160. The van der Waals surface area contributed by atoms with Gasteiger partial charge in [-0.2, -0.15) is 0 Å². The Balaban J connectivity index is 3.37. The Labute approximate surface area is 137 Å². The maximum absolute atomic E-state index is 8.99. The molecule has 1 atom stereocenters. The van der Waals surface area contributed by atoms with Crippen molar-refractivity contribution in [3.05, 3.63) is 0 Å². The van der Waals surface area contributed by atoms with Gasteiger partial charge in [0.2, 0.25) is 0 Å². The second kappa shape index (κ2) is 17.2. The van der Waals surface area contributed by atoms with Crippen LogP contribution in [0.25, 0.3) is 0 Å². The largest absolute Gasteiger partial charge is 0.395 e. The van der Waals surface area contributed by atoms with Crippen LogP contribution in [0.2, 0.25) is 0 Å². The van der Waals surface area contributed by atoms with Crippen LogP contribution < -0.4 is 0 Å². The maximum Gasteiger partial charge on any atom is 0.107 e. The molecular formula is C18H39NO3. The predicted molar refractivity (Wildman–Crippen MR) is 93.0 cm³/mol. The maximum atomic E-state index is 8.99. The molecule has 0 aliphatic carbocycles. The average Bonchev–Trinajstić information content (AvgIpc) is 2.52. The zero-order valence-corrected chi connectivity index (χ0v) is 14.9. The van der Waals surface area contributed by atoms with Crippen LogP contribution in [0.5, 0.6) is 0 Å². The number of hydrogen-bond donors (Lipinski definition) is 2. The SMILES string of the molecule is CCCCCCCCCCCCOC(C)N(CCO)CCO. The zero-order valence-electron chi connectivity index (χ0n) is 14.9. The van der Waals surface area contributed by atoms with Gasteiger partial charge in [0, 0.05) is 19.7 Å². The lowest BCUT2D eigenvalue weighted by Crippen LogP contribution is -2.39. The Morgan fingerprint density at radius 1 is 0.773 bits per heavy atom. The minimum atomic E-state index is -0.0298. The molecular weight excluding hydrogens is 278 g/mol. The molecule has 0 aliphatic rings. The number of aliphatic hydroxyl groups excluding tert-OH is 2. The molecule has 0 aromatic rings. The van der Waals surface area contributed by atoms with E-state index >= 15 is 0 Å². The van der Waals surface area contributed by atoms with Crippen molar-refractivity contribution >= 4 is 0 Å². The lowest BCUT2D eigenvalue weighted by atomic mass is 10.1. The van der Waals surface area contributed by atoms with Crippen molar-refractivity contribution in [1.29, 1.82) is 0 Å². The lowest BCUT2D eigenvalue weighted by molar-refractivity contribution is -0.0586. The fourth-order valence-corrected chi connectivity index (χ4v) is 2.68. The molecule has 4 nitrogen and oxygen atoms in total. The van der Waals surface area contributed by atoms with Crippen molar-refractivity contribution < 1.29 is 14.9 Å². The van der Waals surface area contributed by atoms with Crippen LogP contribution in [0.3, 0.4) is 0 Å².